The Morgan fingerprint density at radius 1 is 1.24 bits per heavy atom. The molecule has 0 saturated carbocycles. The minimum absolute atomic E-state index is 0.436. The second kappa shape index (κ2) is 6.56. The van der Waals surface area contributed by atoms with Crippen molar-refractivity contribution in [1.29, 1.82) is 0 Å². The topological polar surface area (TPSA) is 35.5 Å². The van der Waals surface area contributed by atoms with E-state index in [1.807, 2.05) is 18.2 Å². The second-order valence-corrected chi connectivity index (χ2v) is 6.20. The Morgan fingerprint density at radius 2 is 2.05 bits per heavy atom. The highest BCUT2D eigenvalue weighted by molar-refractivity contribution is 5.83. The molecule has 1 heterocycles. The third-order valence-corrected chi connectivity index (χ3v) is 4.42. The SMILES string of the molecule is CN1CCC(CNCC(O)c2ccc3ccccc3c2)C1. The van der Waals surface area contributed by atoms with Crippen molar-refractivity contribution >= 4 is 10.8 Å². The predicted octanol–water partition coefficient (Wildman–Crippen LogP) is 2.41. The molecule has 2 unspecified atom stereocenters. The summed E-state index contributed by atoms with van der Waals surface area (Å²) in [5.41, 5.74) is 0.990. The Kier molecular flexibility index (Phi) is 4.54. The second-order valence-electron chi connectivity index (χ2n) is 6.20. The van der Waals surface area contributed by atoms with Crippen molar-refractivity contribution in [2.75, 3.05) is 33.2 Å². The molecule has 0 aromatic heterocycles. The summed E-state index contributed by atoms with van der Waals surface area (Å²) in [7, 11) is 2.17. The van der Waals surface area contributed by atoms with Crippen LogP contribution >= 0.6 is 0 Å². The Hall–Kier alpha value is -1.42. The predicted molar refractivity (Wildman–Crippen MR) is 87.4 cm³/mol. The van der Waals surface area contributed by atoms with Crippen molar-refractivity contribution in [3.05, 3.63) is 48.0 Å². The number of likely N-dealkylation sites (tertiary alicyclic amines) is 1. The van der Waals surface area contributed by atoms with E-state index in [9.17, 15) is 5.11 Å². The number of rotatable bonds is 5. The van der Waals surface area contributed by atoms with Crippen molar-refractivity contribution in [1.82, 2.24) is 10.2 Å². The lowest BCUT2D eigenvalue weighted by atomic mass is 10.0. The third-order valence-electron chi connectivity index (χ3n) is 4.42. The lowest BCUT2D eigenvalue weighted by Crippen LogP contribution is -2.28. The molecule has 2 N–H and O–H groups in total. The van der Waals surface area contributed by atoms with Gasteiger partial charge in [0.2, 0.25) is 0 Å². The summed E-state index contributed by atoms with van der Waals surface area (Å²) < 4.78 is 0. The zero-order valence-electron chi connectivity index (χ0n) is 12.6. The van der Waals surface area contributed by atoms with E-state index in [0.717, 1.165) is 18.0 Å². The van der Waals surface area contributed by atoms with Gasteiger partial charge in [-0.15, -0.1) is 0 Å². The minimum Gasteiger partial charge on any atom is -0.387 e. The van der Waals surface area contributed by atoms with Gasteiger partial charge < -0.3 is 15.3 Å². The highest BCUT2D eigenvalue weighted by atomic mass is 16.3. The smallest absolute Gasteiger partial charge is 0.0914 e. The molecule has 2 aromatic rings. The fraction of sp³-hybridized carbons (Fsp3) is 0.444. The van der Waals surface area contributed by atoms with Crippen LogP contribution in [0.15, 0.2) is 42.5 Å². The maximum absolute atomic E-state index is 10.3. The van der Waals surface area contributed by atoms with Gasteiger partial charge in [-0.05, 0) is 54.9 Å². The molecule has 1 aliphatic rings. The van der Waals surface area contributed by atoms with E-state index in [1.165, 1.54) is 30.3 Å². The highest BCUT2D eigenvalue weighted by Gasteiger charge is 2.19. The molecule has 0 aliphatic carbocycles. The molecule has 21 heavy (non-hydrogen) atoms. The van der Waals surface area contributed by atoms with Crippen molar-refractivity contribution in [2.45, 2.75) is 12.5 Å². The standard InChI is InChI=1S/C18H24N2O/c1-20-9-8-14(13-20)11-19-12-18(21)17-7-6-15-4-2-3-5-16(15)10-17/h2-7,10,14,18-19,21H,8-9,11-13H2,1H3. The average Bonchev–Trinajstić information content (AvgIpc) is 2.92. The average molecular weight is 284 g/mol. The number of hydrogen-bond donors (Lipinski definition) is 2. The fourth-order valence-corrected chi connectivity index (χ4v) is 3.15. The minimum atomic E-state index is -0.436. The van der Waals surface area contributed by atoms with Gasteiger partial charge in [-0.2, -0.15) is 0 Å². The van der Waals surface area contributed by atoms with Gasteiger partial charge >= 0.3 is 0 Å². The third kappa shape index (κ3) is 3.62. The van der Waals surface area contributed by atoms with Crippen LogP contribution in [0.3, 0.4) is 0 Å². The molecule has 2 atom stereocenters. The molecular weight excluding hydrogens is 260 g/mol. The summed E-state index contributed by atoms with van der Waals surface area (Å²) in [6.07, 6.45) is 0.823. The summed E-state index contributed by atoms with van der Waals surface area (Å²) in [5.74, 6) is 0.721. The van der Waals surface area contributed by atoms with Gasteiger partial charge in [0, 0.05) is 13.1 Å². The monoisotopic (exact) mass is 284 g/mol. The molecule has 3 nitrogen and oxygen atoms in total. The number of nitrogens with zero attached hydrogens (tertiary/aromatic N) is 1. The van der Waals surface area contributed by atoms with Crippen molar-refractivity contribution in [2.24, 2.45) is 5.92 Å². The zero-order valence-corrected chi connectivity index (χ0v) is 12.6. The van der Waals surface area contributed by atoms with Gasteiger partial charge in [-0.1, -0.05) is 36.4 Å². The molecule has 3 heteroatoms. The van der Waals surface area contributed by atoms with Crippen LogP contribution in [-0.2, 0) is 0 Å². The molecule has 0 bridgehead atoms. The first-order chi connectivity index (χ1) is 10.2. The summed E-state index contributed by atoms with van der Waals surface area (Å²) in [6, 6.07) is 14.5. The first-order valence-corrected chi connectivity index (χ1v) is 7.78. The van der Waals surface area contributed by atoms with Gasteiger partial charge in [-0.25, -0.2) is 0 Å². The Bertz CT molecular complexity index is 599. The van der Waals surface area contributed by atoms with Crippen LogP contribution in [0.2, 0.25) is 0 Å². The Labute approximate surface area is 126 Å². The van der Waals surface area contributed by atoms with E-state index in [1.54, 1.807) is 0 Å². The van der Waals surface area contributed by atoms with Crippen molar-refractivity contribution in [3.63, 3.8) is 0 Å². The fourth-order valence-electron chi connectivity index (χ4n) is 3.15. The van der Waals surface area contributed by atoms with Gasteiger partial charge in [-0.3, -0.25) is 0 Å². The first-order valence-electron chi connectivity index (χ1n) is 7.78. The molecule has 112 valence electrons. The number of fused-ring (bicyclic) bond motifs is 1. The molecule has 1 fully saturated rings. The summed E-state index contributed by atoms with van der Waals surface area (Å²) in [6.45, 7) is 3.98. The molecule has 1 aliphatic heterocycles. The van der Waals surface area contributed by atoms with Crippen LogP contribution < -0.4 is 5.32 Å². The number of aliphatic hydroxyl groups excluding tert-OH is 1. The van der Waals surface area contributed by atoms with Crippen LogP contribution in [0.1, 0.15) is 18.1 Å². The molecule has 0 radical (unpaired) electrons. The normalized spacial score (nSPS) is 21.0. The lowest BCUT2D eigenvalue weighted by Gasteiger charge is -2.15. The molecule has 3 rings (SSSR count). The molecule has 0 amide bonds. The number of aliphatic hydroxyl groups is 1. The largest absolute Gasteiger partial charge is 0.387 e. The van der Waals surface area contributed by atoms with E-state index in [-0.39, 0.29) is 0 Å². The van der Waals surface area contributed by atoms with Gasteiger partial charge in [0.25, 0.3) is 0 Å². The van der Waals surface area contributed by atoms with E-state index in [2.05, 4.69) is 41.5 Å². The zero-order chi connectivity index (χ0) is 14.7. The Morgan fingerprint density at radius 3 is 2.81 bits per heavy atom. The number of nitrogens with one attached hydrogen (secondary N) is 1. The molecule has 0 spiro atoms. The van der Waals surface area contributed by atoms with Crippen molar-refractivity contribution < 1.29 is 5.11 Å². The number of benzene rings is 2. The number of hydrogen-bond acceptors (Lipinski definition) is 3. The van der Waals surface area contributed by atoms with Crippen LogP contribution in [-0.4, -0.2) is 43.2 Å². The first kappa shape index (κ1) is 14.5. The Balaban J connectivity index is 1.55. The van der Waals surface area contributed by atoms with Gasteiger partial charge in [0.05, 0.1) is 6.10 Å². The van der Waals surface area contributed by atoms with E-state index < -0.39 is 6.10 Å². The molecule has 2 aromatic carbocycles. The van der Waals surface area contributed by atoms with Gasteiger partial charge in [0.15, 0.2) is 0 Å². The quantitative estimate of drug-likeness (QED) is 0.885. The summed E-state index contributed by atoms with van der Waals surface area (Å²) in [5, 5.41) is 16.2. The van der Waals surface area contributed by atoms with E-state index >= 15 is 0 Å². The molecular formula is C18H24N2O. The van der Waals surface area contributed by atoms with Crippen LogP contribution in [0.5, 0.6) is 0 Å². The van der Waals surface area contributed by atoms with Gasteiger partial charge in [0.1, 0.15) is 0 Å². The highest BCUT2D eigenvalue weighted by Crippen LogP contribution is 2.20. The summed E-state index contributed by atoms with van der Waals surface area (Å²) >= 11 is 0. The van der Waals surface area contributed by atoms with Crippen LogP contribution in [0.25, 0.3) is 10.8 Å². The van der Waals surface area contributed by atoms with E-state index in [0.29, 0.717) is 6.54 Å². The van der Waals surface area contributed by atoms with Crippen LogP contribution in [0, 0.1) is 5.92 Å². The van der Waals surface area contributed by atoms with Crippen LogP contribution in [0.4, 0.5) is 0 Å². The van der Waals surface area contributed by atoms with E-state index in [4.69, 9.17) is 0 Å². The maximum Gasteiger partial charge on any atom is 0.0914 e. The lowest BCUT2D eigenvalue weighted by molar-refractivity contribution is 0.173. The molecule has 1 saturated heterocycles. The maximum atomic E-state index is 10.3. The summed E-state index contributed by atoms with van der Waals surface area (Å²) in [4.78, 5) is 2.37. The van der Waals surface area contributed by atoms with Crippen molar-refractivity contribution in [3.8, 4) is 0 Å².